The Balaban J connectivity index is 1.67. The van der Waals surface area contributed by atoms with Gasteiger partial charge in [0.05, 0.1) is 26.4 Å². The number of hydrogen-bond donors (Lipinski definition) is 2. The first kappa shape index (κ1) is 19.2. The fourth-order valence-corrected chi connectivity index (χ4v) is 2.65. The monoisotopic (exact) mass is 349 g/mol. The first-order valence-corrected chi connectivity index (χ1v) is 8.63. The van der Waals surface area contributed by atoms with Gasteiger partial charge in [-0.1, -0.05) is 12.1 Å². The molecule has 0 spiro atoms. The Bertz CT molecular complexity index is 556. The minimum Gasteiger partial charge on any atom is -0.497 e. The van der Waals surface area contributed by atoms with Crippen molar-refractivity contribution in [3.8, 4) is 5.75 Å². The topological polar surface area (TPSA) is 79.9 Å². The van der Waals surface area contributed by atoms with Gasteiger partial charge in [-0.05, 0) is 37.6 Å². The Morgan fingerprint density at radius 3 is 2.52 bits per heavy atom. The Hall–Kier alpha value is -2.12. The van der Waals surface area contributed by atoms with Gasteiger partial charge in [-0.2, -0.15) is 0 Å². The van der Waals surface area contributed by atoms with Crippen molar-refractivity contribution in [1.29, 1.82) is 0 Å². The molecular weight excluding hydrogens is 322 g/mol. The van der Waals surface area contributed by atoms with Crippen LogP contribution in [-0.4, -0.2) is 63.2 Å². The lowest BCUT2D eigenvalue weighted by atomic mass is 10.1. The van der Waals surface area contributed by atoms with Gasteiger partial charge in [-0.15, -0.1) is 0 Å². The predicted octanol–water partition coefficient (Wildman–Crippen LogP) is 0.711. The Morgan fingerprint density at radius 2 is 1.88 bits per heavy atom. The third-order valence-electron chi connectivity index (χ3n) is 4.21. The molecule has 7 nitrogen and oxygen atoms in total. The number of morpholine rings is 1. The van der Waals surface area contributed by atoms with Crippen LogP contribution in [0.5, 0.6) is 5.75 Å². The van der Waals surface area contributed by atoms with Crippen molar-refractivity contribution in [1.82, 2.24) is 15.5 Å². The zero-order valence-corrected chi connectivity index (χ0v) is 14.9. The van der Waals surface area contributed by atoms with E-state index in [1.165, 1.54) is 0 Å². The van der Waals surface area contributed by atoms with Crippen LogP contribution in [0.3, 0.4) is 0 Å². The highest BCUT2D eigenvalue weighted by atomic mass is 16.5. The Morgan fingerprint density at radius 1 is 1.20 bits per heavy atom. The molecule has 1 saturated heterocycles. The average molecular weight is 349 g/mol. The number of rotatable bonds is 7. The van der Waals surface area contributed by atoms with Gasteiger partial charge in [0.15, 0.2) is 0 Å². The number of nitrogens with one attached hydrogen (secondary N) is 2. The van der Waals surface area contributed by atoms with Crippen molar-refractivity contribution in [3.63, 3.8) is 0 Å². The predicted molar refractivity (Wildman–Crippen MR) is 94.4 cm³/mol. The third-order valence-corrected chi connectivity index (χ3v) is 4.21. The van der Waals surface area contributed by atoms with Gasteiger partial charge >= 0.3 is 11.8 Å². The van der Waals surface area contributed by atoms with Gasteiger partial charge in [0, 0.05) is 19.6 Å². The summed E-state index contributed by atoms with van der Waals surface area (Å²) >= 11 is 0. The molecule has 0 saturated carbocycles. The number of nitrogens with zero attached hydrogens (tertiary/aromatic N) is 1. The van der Waals surface area contributed by atoms with Crippen LogP contribution in [0.15, 0.2) is 24.3 Å². The van der Waals surface area contributed by atoms with Crippen LogP contribution in [0.25, 0.3) is 0 Å². The normalized spacial score (nSPS) is 16.1. The van der Waals surface area contributed by atoms with Crippen LogP contribution in [0, 0.1) is 0 Å². The van der Waals surface area contributed by atoms with E-state index in [0.29, 0.717) is 6.54 Å². The van der Waals surface area contributed by atoms with E-state index >= 15 is 0 Å². The van der Waals surface area contributed by atoms with Crippen LogP contribution in [0.4, 0.5) is 0 Å². The molecular formula is C18H27N3O4. The highest BCUT2D eigenvalue weighted by molar-refractivity contribution is 6.35. The summed E-state index contributed by atoms with van der Waals surface area (Å²) < 4.78 is 10.4. The zero-order chi connectivity index (χ0) is 18.1. The van der Waals surface area contributed by atoms with E-state index in [9.17, 15) is 9.59 Å². The highest BCUT2D eigenvalue weighted by Gasteiger charge is 2.17. The van der Waals surface area contributed by atoms with Crippen molar-refractivity contribution in [3.05, 3.63) is 29.8 Å². The minimum atomic E-state index is -0.616. The molecule has 0 radical (unpaired) electrons. The van der Waals surface area contributed by atoms with Crippen molar-refractivity contribution in [2.24, 2.45) is 0 Å². The van der Waals surface area contributed by atoms with E-state index in [1.54, 1.807) is 7.11 Å². The lowest BCUT2D eigenvalue weighted by Crippen LogP contribution is -2.42. The Labute approximate surface area is 148 Å². The molecule has 1 aliphatic heterocycles. The fourth-order valence-electron chi connectivity index (χ4n) is 2.65. The van der Waals surface area contributed by atoms with E-state index in [1.807, 2.05) is 31.2 Å². The molecule has 0 bridgehead atoms. The molecule has 2 N–H and O–H groups in total. The Kier molecular flexibility index (Phi) is 7.69. The number of carbonyl (C=O) groups is 2. The molecule has 2 amide bonds. The number of benzene rings is 1. The molecule has 0 aliphatic carbocycles. The van der Waals surface area contributed by atoms with Gasteiger partial charge in [0.25, 0.3) is 0 Å². The summed E-state index contributed by atoms with van der Waals surface area (Å²) in [7, 11) is 1.60. The maximum atomic E-state index is 12.0. The molecule has 7 heteroatoms. The minimum absolute atomic E-state index is 0.252. The van der Waals surface area contributed by atoms with E-state index in [4.69, 9.17) is 9.47 Å². The quantitative estimate of drug-likeness (QED) is 0.560. The summed E-state index contributed by atoms with van der Waals surface area (Å²) in [6.07, 6.45) is 0.813. The van der Waals surface area contributed by atoms with Gasteiger partial charge in [-0.25, -0.2) is 0 Å². The largest absolute Gasteiger partial charge is 0.497 e. The molecule has 25 heavy (non-hydrogen) atoms. The molecule has 1 fully saturated rings. The maximum absolute atomic E-state index is 12.0. The molecule has 1 unspecified atom stereocenters. The van der Waals surface area contributed by atoms with E-state index < -0.39 is 11.8 Å². The molecule has 138 valence electrons. The number of carbonyl (C=O) groups excluding carboxylic acids is 2. The molecule has 1 atom stereocenters. The first-order chi connectivity index (χ1) is 12.1. The van der Waals surface area contributed by atoms with Gasteiger partial charge in [0.2, 0.25) is 0 Å². The number of ether oxygens (including phenoxy) is 2. The van der Waals surface area contributed by atoms with Crippen molar-refractivity contribution in [2.45, 2.75) is 19.4 Å². The smallest absolute Gasteiger partial charge is 0.309 e. The summed E-state index contributed by atoms with van der Waals surface area (Å²) in [4.78, 5) is 26.1. The molecule has 0 aromatic heterocycles. The third kappa shape index (κ3) is 6.36. The van der Waals surface area contributed by atoms with Gasteiger partial charge < -0.3 is 20.1 Å². The number of amides is 2. The van der Waals surface area contributed by atoms with Crippen LogP contribution in [-0.2, 0) is 14.3 Å². The number of hydrogen-bond acceptors (Lipinski definition) is 5. The van der Waals surface area contributed by atoms with Crippen molar-refractivity contribution < 1.29 is 19.1 Å². The average Bonchev–Trinajstić information content (AvgIpc) is 2.65. The molecule has 1 aromatic rings. The summed E-state index contributed by atoms with van der Waals surface area (Å²) in [6, 6.07) is 7.12. The second kappa shape index (κ2) is 10.0. The molecule has 2 rings (SSSR count). The van der Waals surface area contributed by atoms with Crippen LogP contribution < -0.4 is 15.4 Å². The summed E-state index contributed by atoms with van der Waals surface area (Å²) in [5.74, 6) is -0.461. The van der Waals surface area contributed by atoms with E-state index in [2.05, 4.69) is 15.5 Å². The zero-order valence-electron chi connectivity index (χ0n) is 14.9. The molecule has 1 aliphatic rings. The summed E-state index contributed by atoms with van der Waals surface area (Å²) in [5, 5.41) is 5.37. The molecule has 1 heterocycles. The van der Waals surface area contributed by atoms with Gasteiger partial charge in [0.1, 0.15) is 5.75 Å². The van der Waals surface area contributed by atoms with Crippen molar-refractivity contribution >= 4 is 11.8 Å². The highest BCUT2D eigenvalue weighted by Crippen LogP contribution is 2.17. The van der Waals surface area contributed by atoms with E-state index in [0.717, 1.165) is 50.6 Å². The summed E-state index contributed by atoms with van der Waals surface area (Å²) in [6.45, 7) is 6.59. The van der Waals surface area contributed by atoms with Crippen LogP contribution in [0.2, 0.25) is 0 Å². The summed E-state index contributed by atoms with van der Waals surface area (Å²) in [5.41, 5.74) is 0.911. The lowest BCUT2D eigenvalue weighted by Gasteiger charge is -2.26. The second-order valence-electron chi connectivity index (χ2n) is 6.03. The van der Waals surface area contributed by atoms with E-state index in [-0.39, 0.29) is 6.04 Å². The van der Waals surface area contributed by atoms with Gasteiger partial charge in [-0.3, -0.25) is 14.5 Å². The standard InChI is InChI=1S/C18H27N3O4/c1-14(15-4-6-16(24-2)7-5-15)20-18(23)17(22)19-8-3-9-21-10-12-25-13-11-21/h4-7,14H,3,8-13H2,1-2H3,(H,19,22)(H,20,23). The van der Waals surface area contributed by atoms with Crippen LogP contribution in [0.1, 0.15) is 24.9 Å². The first-order valence-electron chi connectivity index (χ1n) is 8.63. The number of methoxy groups -OCH3 is 1. The van der Waals surface area contributed by atoms with Crippen molar-refractivity contribution in [2.75, 3.05) is 46.5 Å². The van der Waals surface area contributed by atoms with Crippen LogP contribution >= 0.6 is 0 Å². The fraction of sp³-hybridized carbons (Fsp3) is 0.556. The molecule has 1 aromatic carbocycles. The SMILES string of the molecule is COc1ccc(C(C)NC(=O)C(=O)NCCCN2CCOCC2)cc1. The second-order valence-corrected chi connectivity index (χ2v) is 6.03. The lowest BCUT2D eigenvalue weighted by molar-refractivity contribution is -0.139. The maximum Gasteiger partial charge on any atom is 0.309 e.